The molecule has 0 amide bonds. The number of ether oxygens (including phenoxy) is 1. The summed E-state index contributed by atoms with van der Waals surface area (Å²) in [6.07, 6.45) is 0. The molecular weight excluding hydrogens is 217 g/mol. The SMILES string of the molecule is Fc1ccccc1CNCCOCCCl. The Morgan fingerprint density at radius 3 is 2.80 bits per heavy atom. The van der Waals surface area contributed by atoms with Crippen molar-refractivity contribution in [2.75, 3.05) is 25.6 Å². The van der Waals surface area contributed by atoms with E-state index in [-0.39, 0.29) is 5.82 Å². The smallest absolute Gasteiger partial charge is 0.127 e. The average Bonchev–Trinajstić information content (AvgIpc) is 2.25. The Balaban J connectivity index is 2.12. The number of halogens is 2. The van der Waals surface area contributed by atoms with Crippen LogP contribution < -0.4 is 5.32 Å². The maximum Gasteiger partial charge on any atom is 0.127 e. The summed E-state index contributed by atoms with van der Waals surface area (Å²) in [4.78, 5) is 0. The Kier molecular flexibility index (Phi) is 6.32. The van der Waals surface area contributed by atoms with Crippen molar-refractivity contribution in [2.24, 2.45) is 0 Å². The molecule has 0 bridgehead atoms. The number of benzene rings is 1. The van der Waals surface area contributed by atoms with E-state index >= 15 is 0 Å². The predicted molar refractivity (Wildman–Crippen MR) is 59.6 cm³/mol. The maximum absolute atomic E-state index is 13.1. The lowest BCUT2D eigenvalue weighted by Gasteiger charge is -2.05. The van der Waals surface area contributed by atoms with Gasteiger partial charge in [0.15, 0.2) is 0 Å². The third kappa shape index (κ3) is 5.11. The summed E-state index contributed by atoms with van der Waals surface area (Å²) < 4.78 is 18.3. The van der Waals surface area contributed by atoms with Crippen molar-refractivity contribution < 1.29 is 9.13 Å². The summed E-state index contributed by atoms with van der Waals surface area (Å²) >= 11 is 5.44. The van der Waals surface area contributed by atoms with Gasteiger partial charge in [0, 0.05) is 24.5 Å². The van der Waals surface area contributed by atoms with Gasteiger partial charge in [0.2, 0.25) is 0 Å². The molecule has 0 aliphatic rings. The molecule has 0 radical (unpaired) electrons. The zero-order chi connectivity index (χ0) is 10.9. The summed E-state index contributed by atoms with van der Waals surface area (Å²) in [5.41, 5.74) is 0.676. The zero-order valence-corrected chi connectivity index (χ0v) is 9.27. The highest BCUT2D eigenvalue weighted by molar-refractivity contribution is 6.17. The van der Waals surface area contributed by atoms with Crippen LogP contribution in [-0.2, 0) is 11.3 Å². The van der Waals surface area contributed by atoms with E-state index in [9.17, 15) is 4.39 Å². The standard InChI is InChI=1S/C11H15ClFNO/c12-5-7-15-8-6-14-9-10-3-1-2-4-11(10)13/h1-4,14H,5-9H2. The van der Waals surface area contributed by atoms with Crippen LogP contribution >= 0.6 is 11.6 Å². The maximum atomic E-state index is 13.1. The van der Waals surface area contributed by atoms with Crippen molar-refractivity contribution in [3.63, 3.8) is 0 Å². The molecule has 0 aliphatic carbocycles. The van der Waals surface area contributed by atoms with Gasteiger partial charge in [-0.25, -0.2) is 4.39 Å². The van der Waals surface area contributed by atoms with Crippen LogP contribution in [0.25, 0.3) is 0 Å². The van der Waals surface area contributed by atoms with Gasteiger partial charge in [0.25, 0.3) is 0 Å². The summed E-state index contributed by atoms with van der Waals surface area (Å²) in [7, 11) is 0. The second-order valence-corrected chi connectivity index (χ2v) is 3.45. The average molecular weight is 232 g/mol. The molecular formula is C11H15ClFNO. The second-order valence-electron chi connectivity index (χ2n) is 3.07. The van der Waals surface area contributed by atoms with Gasteiger partial charge >= 0.3 is 0 Å². The summed E-state index contributed by atoms with van der Waals surface area (Å²) in [5.74, 6) is 0.333. The lowest BCUT2D eigenvalue weighted by atomic mass is 10.2. The second kappa shape index (κ2) is 7.63. The van der Waals surface area contributed by atoms with Gasteiger partial charge in [0.1, 0.15) is 5.82 Å². The van der Waals surface area contributed by atoms with E-state index in [0.29, 0.717) is 37.7 Å². The minimum Gasteiger partial charge on any atom is -0.379 e. The van der Waals surface area contributed by atoms with Crippen LogP contribution in [0.4, 0.5) is 4.39 Å². The number of hydrogen-bond acceptors (Lipinski definition) is 2. The van der Waals surface area contributed by atoms with Gasteiger partial charge in [-0.15, -0.1) is 11.6 Å². The van der Waals surface area contributed by atoms with E-state index in [1.54, 1.807) is 12.1 Å². The van der Waals surface area contributed by atoms with Crippen molar-refractivity contribution in [1.82, 2.24) is 5.32 Å². The van der Waals surface area contributed by atoms with Crippen molar-refractivity contribution in [3.05, 3.63) is 35.6 Å². The van der Waals surface area contributed by atoms with Crippen LogP contribution in [0, 0.1) is 5.82 Å². The molecule has 2 nitrogen and oxygen atoms in total. The van der Waals surface area contributed by atoms with Gasteiger partial charge < -0.3 is 10.1 Å². The number of alkyl halides is 1. The molecule has 1 aromatic rings. The summed E-state index contributed by atoms with van der Waals surface area (Å²) in [6.45, 7) is 2.38. The van der Waals surface area contributed by atoms with Crippen molar-refractivity contribution in [1.29, 1.82) is 0 Å². The molecule has 0 heterocycles. The first-order valence-corrected chi connectivity index (χ1v) is 5.46. The van der Waals surface area contributed by atoms with Gasteiger partial charge in [0.05, 0.1) is 13.2 Å². The number of rotatable bonds is 7. The van der Waals surface area contributed by atoms with E-state index in [1.165, 1.54) is 6.07 Å². The molecule has 1 rings (SSSR count). The van der Waals surface area contributed by atoms with Crippen LogP contribution in [0.3, 0.4) is 0 Å². The molecule has 0 saturated heterocycles. The fraction of sp³-hybridized carbons (Fsp3) is 0.455. The molecule has 0 fully saturated rings. The van der Waals surface area contributed by atoms with Crippen molar-refractivity contribution in [2.45, 2.75) is 6.54 Å². The topological polar surface area (TPSA) is 21.3 Å². The monoisotopic (exact) mass is 231 g/mol. The lowest BCUT2D eigenvalue weighted by molar-refractivity contribution is 0.150. The van der Waals surface area contributed by atoms with Crippen LogP contribution in [0.2, 0.25) is 0 Å². The minimum absolute atomic E-state index is 0.174. The molecule has 4 heteroatoms. The Morgan fingerprint density at radius 2 is 2.07 bits per heavy atom. The largest absolute Gasteiger partial charge is 0.379 e. The van der Waals surface area contributed by atoms with E-state index in [1.807, 2.05) is 6.07 Å². The fourth-order valence-corrected chi connectivity index (χ4v) is 1.27. The molecule has 0 saturated carbocycles. The molecule has 1 N–H and O–H groups in total. The minimum atomic E-state index is -0.174. The highest BCUT2D eigenvalue weighted by atomic mass is 35.5. The molecule has 0 aromatic heterocycles. The molecule has 0 unspecified atom stereocenters. The Hall–Kier alpha value is -0.640. The highest BCUT2D eigenvalue weighted by Crippen LogP contribution is 2.04. The van der Waals surface area contributed by atoms with E-state index in [0.717, 1.165) is 0 Å². The first kappa shape index (κ1) is 12.4. The number of hydrogen-bond donors (Lipinski definition) is 1. The molecule has 0 aliphatic heterocycles. The van der Waals surface area contributed by atoms with E-state index in [4.69, 9.17) is 16.3 Å². The van der Waals surface area contributed by atoms with Crippen LogP contribution in [0.1, 0.15) is 5.56 Å². The molecule has 15 heavy (non-hydrogen) atoms. The summed E-state index contributed by atoms with van der Waals surface area (Å²) in [5, 5.41) is 3.09. The van der Waals surface area contributed by atoms with Crippen LogP contribution in [-0.4, -0.2) is 25.6 Å². The Labute approximate surface area is 94.4 Å². The van der Waals surface area contributed by atoms with Crippen molar-refractivity contribution >= 4 is 11.6 Å². The fourth-order valence-electron chi connectivity index (χ4n) is 1.17. The Bertz CT molecular complexity index is 283. The lowest BCUT2D eigenvalue weighted by Crippen LogP contribution is -2.20. The van der Waals surface area contributed by atoms with Gasteiger partial charge in [-0.2, -0.15) is 0 Å². The number of nitrogens with one attached hydrogen (secondary N) is 1. The first-order valence-electron chi connectivity index (χ1n) is 4.92. The van der Waals surface area contributed by atoms with Crippen molar-refractivity contribution in [3.8, 4) is 0 Å². The third-order valence-corrected chi connectivity index (χ3v) is 2.07. The highest BCUT2D eigenvalue weighted by Gasteiger charge is 1.98. The quantitative estimate of drug-likeness (QED) is 0.574. The predicted octanol–water partition coefficient (Wildman–Crippen LogP) is 2.17. The molecule has 0 spiro atoms. The summed E-state index contributed by atoms with van der Waals surface area (Å²) in [6, 6.07) is 6.73. The first-order chi connectivity index (χ1) is 7.34. The molecule has 84 valence electrons. The van der Waals surface area contributed by atoms with E-state index < -0.39 is 0 Å². The molecule has 1 aromatic carbocycles. The van der Waals surface area contributed by atoms with Crippen LogP contribution in [0.5, 0.6) is 0 Å². The third-order valence-electron chi connectivity index (χ3n) is 1.92. The van der Waals surface area contributed by atoms with Gasteiger partial charge in [-0.1, -0.05) is 18.2 Å². The van der Waals surface area contributed by atoms with Gasteiger partial charge in [-0.05, 0) is 6.07 Å². The normalized spacial score (nSPS) is 10.5. The zero-order valence-electron chi connectivity index (χ0n) is 8.51. The molecule has 0 atom stereocenters. The Morgan fingerprint density at radius 1 is 1.27 bits per heavy atom. The van der Waals surface area contributed by atoms with E-state index in [2.05, 4.69) is 5.32 Å². The van der Waals surface area contributed by atoms with Crippen LogP contribution in [0.15, 0.2) is 24.3 Å². The van der Waals surface area contributed by atoms with Gasteiger partial charge in [-0.3, -0.25) is 0 Å².